The number of halogens is 2. The zero-order chi connectivity index (χ0) is 11.3. The Bertz CT molecular complexity index is 639. The van der Waals surface area contributed by atoms with Crippen molar-refractivity contribution in [3.8, 4) is 0 Å². The Balaban J connectivity index is 2.59. The Morgan fingerprint density at radius 2 is 1.25 bits per heavy atom. The van der Waals surface area contributed by atoms with Crippen molar-refractivity contribution < 1.29 is 8.78 Å². The predicted molar refractivity (Wildman–Crippen MR) is 60.3 cm³/mol. The van der Waals surface area contributed by atoms with E-state index in [1.54, 1.807) is 16.7 Å². The minimum Gasteiger partial charge on any atom is -0.343 e. The maximum Gasteiger partial charge on any atom is 0.125 e. The van der Waals surface area contributed by atoms with Gasteiger partial charge in [0.2, 0.25) is 0 Å². The average Bonchev–Trinajstić information content (AvgIpc) is 2.53. The van der Waals surface area contributed by atoms with Gasteiger partial charge in [-0.3, -0.25) is 0 Å². The van der Waals surface area contributed by atoms with E-state index in [0.717, 1.165) is 21.8 Å². The molecule has 0 N–H and O–H groups in total. The van der Waals surface area contributed by atoms with E-state index < -0.39 is 0 Å². The molecule has 80 valence electrons. The molecule has 1 nitrogen and oxygen atoms in total. The SMILES string of the molecule is Cn1c2cc(F)ccc2c2ccc(F)cc21. The lowest BCUT2D eigenvalue weighted by Gasteiger charge is -1.97. The Kier molecular flexibility index (Phi) is 1.78. The maximum atomic E-state index is 13.1. The Morgan fingerprint density at radius 3 is 1.69 bits per heavy atom. The molecule has 0 bridgehead atoms. The van der Waals surface area contributed by atoms with Crippen LogP contribution in [0.4, 0.5) is 8.78 Å². The summed E-state index contributed by atoms with van der Waals surface area (Å²) in [6.07, 6.45) is 0. The van der Waals surface area contributed by atoms with E-state index in [4.69, 9.17) is 0 Å². The lowest BCUT2D eigenvalue weighted by atomic mass is 10.1. The number of aromatic nitrogens is 1. The van der Waals surface area contributed by atoms with Crippen molar-refractivity contribution in [2.24, 2.45) is 7.05 Å². The summed E-state index contributed by atoms with van der Waals surface area (Å²) in [5, 5.41) is 1.89. The van der Waals surface area contributed by atoms with Gasteiger partial charge in [-0.15, -0.1) is 0 Å². The van der Waals surface area contributed by atoms with Gasteiger partial charge in [0.25, 0.3) is 0 Å². The van der Waals surface area contributed by atoms with Crippen LogP contribution in [-0.2, 0) is 7.05 Å². The highest BCUT2D eigenvalue weighted by Gasteiger charge is 2.09. The molecular formula is C13H9F2N. The number of nitrogens with zero attached hydrogens (tertiary/aromatic N) is 1. The molecule has 0 fully saturated rings. The summed E-state index contributed by atoms with van der Waals surface area (Å²) >= 11 is 0. The molecule has 3 rings (SSSR count). The lowest BCUT2D eigenvalue weighted by Crippen LogP contribution is -1.87. The fourth-order valence-electron chi connectivity index (χ4n) is 2.15. The molecule has 0 saturated heterocycles. The fourth-order valence-corrected chi connectivity index (χ4v) is 2.15. The third-order valence-electron chi connectivity index (χ3n) is 2.93. The Hall–Kier alpha value is -1.90. The number of hydrogen-bond donors (Lipinski definition) is 0. The molecular weight excluding hydrogens is 208 g/mol. The zero-order valence-electron chi connectivity index (χ0n) is 8.67. The van der Waals surface area contributed by atoms with Gasteiger partial charge in [0.05, 0.1) is 11.0 Å². The summed E-state index contributed by atoms with van der Waals surface area (Å²) < 4.78 is 28.1. The number of aryl methyl sites for hydroxylation is 1. The van der Waals surface area contributed by atoms with Gasteiger partial charge >= 0.3 is 0 Å². The minimum atomic E-state index is -0.279. The van der Waals surface area contributed by atoms with Gasteiger partial charge in [0, 0.05) is 17.8 Å². The summed E-state index contributed by atoms with van der Waals surface area (Å²) in [6, 6.07) is 9.23. The molecule has 0 amide bonds. The highest BCUT2D eigenvalue weighted by molar-refractivity contribution is 6.07. The molecule has 3 heteroatoms. The molecule has 0 spiro atoms. The van der Waals surface area contributed by atoms with Crippen molar-refractivity contribution in [2.75, 3.05) is 0 Å². The van der Waals surface area contributed by atoms with Gasteiger partial charge in [-0.25, -0.2) is 8.78 Å². The third kappa shape index (κ3) is 1.14. The first-order valence-electron chi connectivity index (χ1n) is 5.00. The molecule has 0 aliphatic carbocycles. The van der Waals surface area contributed by atoms with E-state index in [9.17, 15) is 8.78 Å². The van der Waals surface area contributed by atoms with Gasteiger partial charge in [0.1, 0.15) is 11.6 Å². The van der Waals surface area contributed by atoms with Crippen LogP contribution in [0.2, 0.25) is 0 Å². The normalized spacial score (nSPS) is 11.4. The molecule has 1 heterocycles. The van der Waals surface area contributed by atoms with Gasteiger partial charge in [-0.1, -0.05) is 0 Å². The quantitative estimate of drug-likeness (QED) is 0.542. The van der Waals surface area contributed by atoms with Crippen LogP contribution in [0.25, 0.3) is 21.8 Å². The van der Waals surface area contributed by atoms with Crippen LogP contribution in [0, 0.1) is 11.6 Å². The number of hydrogen-bond acceptors (Lipinski definition) is 0. The van der Waals surface area contributed by atoms with E-state index in [1.807, 2.05) is 7.05 Å². The molecule has 0 saturated carbocycles. The maximum absolute atomic E-state index is 13.1. The molecule has 0 atom stereocenters. The van der Waals surface area contributed by atoms with Gasteiger partial charge in [0.15, 0.2) is 0 Å². The first-order chi connectivity index (χ1) is 7.66. The van der Waals surface area contributed by atoms with Crippen LogP contribution in [-0.4, -0.2) is 4.57 Å². The minimum absolute atomic E-state index is 0.279. The molecule has 0 unspecified atom stereocenters. The van der Waals surface area contributed by atoms with Crippen molar-refractivity contribution in [3.63, 3.8) is 0 Å². The van der Waals surface area contributed by atoms with Crippen LogP contribution >= 0.6 is 0 Å². The van der Waals surface area contributed by atoms with Crippen LogP contribution in [0.3, 0.4) is 0 Å². The second kappa shape index (κ2) is 3.04. The smallest absolute Gasteiger partial charge is 0.125 e. The van der Waals surface area contributed by atoms with Crippen molar-refractivity contribution in [2.45, 2.75) is 0 Å². The summed E-state index contributed by atoms with van der Waals surface area (Å²) in [5.41, 5.74) is 1.56. The lowest BCUT2D eigenvalue weighted by molar-refractivity contribution is 0.628. The summed E-state index contributed by atoms with van der Waals surface area (Å²) in [5.74, 6) is -0.558. The summed E-state index contributed by atoms with van der Waals surface area (Å²) in [6.45, 7) is 0. The monoisotopic (exact) mass is 217 g/mol. The average molecular weight is 217 g/mol. The molecule has 2 aromatic carbocycles. The second-order valence-electron chi connectivity index (χ2n) is 3.88. The standard InChI is InChI=1S/C13H9F2N/c1-16-12-6-8(14)2-4-10(12)11-5-3-9(15)7-13(11)16/h2-7H,1H3. The summed E-state index contributed by atoms with van der Waals surface area (Å²) in [7, 11) is 1.81. The van der Waals surface area contributed by atoms with Crippen molar-refractivity contribution in [1.82, 2.24) is 4.57 Å². The largest absolute Gasteiger partial charge is 0.343 e. The van der Waals surface area contributed by atoms with E-state index >= 15 is 0 Å². The molecule has 0 aliphatic heterocycles. The summed E-state index contributed by atoms with van der Waals surface area (Å²) in [4.78, 5) is 0. The fraction of sp³-hybridized carbons (Fsp3) is 0.0769. The number of benzene rings is 2. The second-order valence-corrected chi connectivity index (χ2v) is 3.88. The van der Waals surface area contributed by atoms with Gasteiger partial charge < -0.3 is 4.57 Å². The Labute approximate surface area is 90.9 Å². The molecule has 3 aromatic rings. The van der Waals surface area contributed by atoms with E-state index in [1.165, 1.54) is 24.3 Å². The van der Waals surface area contributed by atoms with E-state index in [-0.39, 0.29) is 11.6 Å². The van der Waals surface area contributed by atoms with Crippen molar-refractivity contribution in [3.05, 3.63) is 48.0 Å². The first kappa shape index (κ1) is 9.33. The number of fused-ring (bicyclic) bond motifs is 3. The van der Waals surface area contributed by atoms with Gasteiger partial charge in [-0.2, -0.15) is 0 Å². The van der Waals surface area contributed by atoms with Crippen molar-refractivity contribution in [1.29, 1.82) is 0 Å². The van der Waals surface area contributed by atoms with Crippen LogP contribution in [0.1, 0.15) is 0 Å². The topological polar surface area (TPSA) is 4.93 Å². The molecule has 0 aliphatic rings. The Morgan fingerprint density at radius 1 is 0.812 bits per heavy atom. The van der Waals surface area contributed by atoms with E-state index in [0.29, 0.717) is 0 Å². The van der Waals surface area contributed by atoms with Crippen LogP contribution < -0.4 is 0 Å². The van der Waals surface area contributed by atoms with E-state index in [2.05, 4.69) is 0 Å². The zero-order valence-corrected chi connectivity index (χ0v) is 8.67. The van der Waals surface area contributed by atoms with Crippen molar-refractivity contribution >= 4 is 21.8 Å². The third-order valence-corrected chi connectivity index (χ3v) is 2.93. The van der Waals surface area contributed by atoms with Gasteiger partial charge in [-0.05, 0) is 36.4 Å². The molecule has 0 radical (unpaired) electrons. The van der Waals surface area contributed by atoms with Crippen LogP contribution in [0.15, 0.2) is 36.4 Å². The molecule has 16 heavy (non-hydrogen) atoms. The molecule has 1 aromatic heterocycles. The first-order valence-corrected chi connectivity index (χ1v) is 5.00. The predicted octanol–water partition coefficient (Wildman–Crippen LogP) is 3.61. The number of rotatable bonds is 0. The highest BCUT2D eigenvalue weighted by Crippen LogP contribution is 2.28. The highest BCUT2D eigenvalue weighted by atomic mass is 19.1. The van der Waals surface area contributed by atoms with Crippen LogP contribution in [0.5, 0.6) is 0 Å².